The van der Waals surface area contributed by atoms with Crippen molar-refractivity contribution in [3.63, 3.8) is 0 Å². The summed E-state index contributed by atoms with van der Waals surface area (Å²) in [4.78, 5) is 10.5. The Morgan fingerprint density at radius 1 is 0.386 bits per heavy atom. The average molecular weight is 728 g/mol. The Morgan fingerprint density at radius 3 is 1.63 bits per heavy atom. The number of ether oxygens (including phenoxy) is 1. The molecule has 8 aromatic carbocycles. The molecule has 0 radical (unpaired) electrons. The minimum atomic E-state index is -0.567. The third kappa shape index (κ3) is 4.62. The molecule has 10 aromatic rings. The van der Waals surface area contributed by atoms with Gasteiger partial charge in [-0.2, -0.15) is 0 Å². The molecule has 0 amide bonds. The molecule has 12 rings (SSSR count). The lowest BCUT2D eigenvalue weighted by Gasteiger charge is -2.39. The van der Waals surface area contributed by atoms with Crippen LogP contribution in [-0.4, -0.2) is 14.5 Å². The second kappa shape index (κ2) is 12.2. The molecule has 3 heterocycles. The minimum absolute atomic E-state index is 0.567. The zero-order valence-electron chi connectivity index (χ0n) is 30.8. The van der Waals surface area contributed by atoms with Gasteiger partial charge in [-0.15, -0.1) is 0 Å². The lowest BCUT2D eigenvalue weighted by atomic mass is 9.66. The standard InChI is InChI=1S/C53H33N3O/c1-2-15-34(16-3-1)52-54-46(35-17-14-18-37(31-35)56-48-26-11-6-21-40(48)41-22-7-12-27-49(41)56)33-47(55-52)36-29-30-51-45(32-36)53(44-25-10-13-28-50(44)57-51)42-23-8-4-19-38(42)39-20-5-9-24-43(39)53/h1-33H. The molecule has 1 spiro atoms. The summed E-state index contributed by atoms with van der Waals surface area (Å²) < 4.78 is 9.10. The number of rotatable bonds is 4. The van der Waals surface area contributed by atoms with Crippen LogP contribution in [0.25, 0.3) is 72.5 Å². The van der Waals surface area contributed by atoms with Gasteiger partial charge in [-0.1, -0.05) is 146 Å². The van der Waals surface area contributed by atoms with Crippen LogP contribution < -0.4 is 4.74 Å². The maximum absolute atomic E-state index is 6.75. The monoisotopic (exact) mass is 727 g/mol. The second-order valence-electron chi connectivity index (χ2n) is 14.9. The van der Waals surface area contributed by atoms with Gasteiger partial charge in [-0.05, 0) is 76.9 Å². The van der Waals surface area contributed by atoms with Crippen molar-refractivity contribution in [2.24, 2.45) is 0 Å². The van der Waals surface area contributed by atoms with Crippen molar-refractivity contribution in [1.82, 2.24) is 14.5 Å². The molecule has 266 valence electrons. The number of para-hydroxylation sites is 3. The molecule has 2 aliphatic rings. The lowest BCUT2D eigenvalue weighted by molar-refractivity contribution is 0.436. The van der Waals surface area contributed by atoms with Crippen LogP contribution in [0.2, 0.25) is 0 Å². The van der Waals surface area contributed by atoms with Crippen LogP contribution in [0.3, 0.4) is 0 Å². The van der Waals surface area contributed by atoms with E-state index in [0.717, 1.165) is 56.4 Å². The molecule has 0 bridgehead atoms. The van der Waals surface area contributed by atoms with Gasteiger partial charge >= 0.3 is 0 Å². The SMILES string of the molecule is c1ccc(-c2nc(-c3cccc(-n4c5ccccc5c5ccccc54)c3)cc(-c3ccc4c(c3)C3(c5ccccc5O4)c4ccccc4-c4ccccc43)n2)cc1. The van der Waals surface area contributed by atoms with Gasteiger partial charge in [0.15, 0.2) is 5.82 Å². The molecule has 57 heavy (non-hydrogen) atoms. The van der Waals surface area contributed by atoms with Crippen LogP contribution in [0.1, 0.15) is 22.3 Å². The van der Waals surface area contributed by atoms with Crippen LogP contribution in [0.5, 0.6) is 11.5 Å². The third-order valence-corrected chi connectivity index (χ3v) is 11.9. The van der Waals surface area contributed by atoms with Gasteiger partial charge in [0.1, 0.15) is 11.5 Å². The highest BCUT2D eigenvalue weighted by Crippen LogP contribution is 2.62. The van der Waals surface area contributed by atoms with Gasteiger partial charge in [-0.25, -0.2) is 9.97 Å². The van der Waals surface area contributed by atoms with Crippen molar-refractivity contribution in [3.05, 3.63) is 222 Å². The summed E-state index contributed by atoms with van der Waals surface area (Å²) in [6.07, 6.45) is 0. The van der Waals surface area contributed by atoms with Crippen LogP contribution >= 0.6 is 0 Å². The molecular formula is C53H33N3O. The highest BCUT2D eigenvalue weighted by atomic mass is 16.5. The number of fused-ring (bicyclic) bond motifs is 12. The van der Waals surface area contributed by atoms with Gasteiger partial charge < -0.3 is 9.30 Å². The molecule has 0 unspecified atom stereocenters. The van der Waals surface area contributed by atoms with E-state index in [1.807, 2.05) is 18.2 Å². The number of hydrogen-bond acceptors (Lipinski definition) is 3. The highest BCUT2D eigenvalue weighted by molar-refractivity contribution is 6.09. The molecule has 0 saturated carbocycles. The minimum Gasteiger partial charge on any atom is -0.457 e. The molecule has 4 heteroatoms. The quantitative estimate of drug-likeness (QED) is 0.181. The molecule has 0 N–H and O–H groups in total. The van der Waals surface area contributed by atoms with Gasteiger partial charge in [-0.3, -0.25) is 0 Å². The Bertz CT molecular complexity index is 3130. The fraction of sp³-hybridized carbons (Fsp3) is 0.0189. The molecule has 4 nitrogen and oxygen atoms in total. The maximum atomic E-state index is 6.75. The summed E-state index contributed by atoms with van der Waals surface area (Å²) in [7, 11) is 0. The number of hydrogen-bond donors (Lipinski definition) is 0. The summed E-state index contributed by atoms with van der Waals surface area (Å²) in [5, 5.41) is 2.47. The van der Waals surface area contributed by atoms with E-state index in [1.54, 1.807) is 0 Å². The summed E-state index contributed by atoms with van der Waals surface area (Å²) in [6, 6.07) is 71.1. The molecular weight excluding hydrogens is 695 g/mol. The topological polar surface area (TPSA) is 39.9 Å². The largest absolute Gasteiger partial charge is 0.457 e. The van der Waals surface area contributed by atoms with Crippen molar-refractivity contribution >= 4 is 21.8 Å². The van der Waals surface area contributed by atoms with Gasteiger partial charge in [0.25, 0.3) is 0 Å². The predicted octanol–water partition coefficient (Wildman–Crippen LogP) is 13.0. The van der Waals surface area contributed by atoms with E-state index >= 15 is 0 Å². The first-order chi connectivity index (χ1) is 28.3. The van der Waals surface area contributed by atoms with Crippen molar-refractivity contribution in [3.8, 4) is 62.2 Å². The van der Waals surface area contributed by atoms with Crippen LogP contribution in [0, 0.1) is 0 Å². The zero-order chi connectivity index (χ0) is 37.5. The van der Waals surface area contributed by atoms with Crippen molar-refractivity contribution in [1.29, 1.82) is 0 Å². The molecule has 2 aromatic heterocycles. The number of nitrogens with zero attached hydrogens (tertiary/aromatic N) is 3. The molecule has 0 fully saturated rings. The van der Waals surface area contributed by atoms with Crippen LogP contribution in [0.15, 0.2) is 200 Å². The summed E-state index contributed by atoms with van der Waals surface area (Å²) in [5.41, 5.74) is 14.8. The normalized spacial score (nSPS) is 13.2. The predicted molar refractivity (Wildman–Crippen MR) is 230 cm³/mol. The average Bonchev–Trinajstić information content (AvgIpc) is 3.78. The smallest absolute Gasteiger partial charge is 0.160 e. The molecule has 1 aliphatic carbocycles. The summed E-state index contributed by atoms with van der Waals surface area (Å²) in [6.45, 7) is 0. The van der Waals surface area contributed by atoms with Gasteiger partial charge in [0.2, 0.25) is 0 Å². The van der Waals surface area contributed by atoms with Crippen LogP contribution in [0.4, 0.5) is 0 Å². The molecule has 1 aliphatic heterocycles. The van der Waals surface area contributed by atoms with E-state index in [-0.39, 0.29) is 0 Å². The Balaban J connectivity index is 1.08. The maximum Gasteiger partial charge on any atom is 0.160 e. The second-order valence-corrected chi connectivity index (χ2v) is 14.9. The summed E-state index contributed by atoms with van der Waals surface area (Å²) >= 11 is 0. The fourth-order valence-corrected chi connectivity index (χ4v) is 9.48. The van der Waals surface area contributed by atoms with Gasteiger partial charge in [0.05, 0.1) is 27.8 Å². The third-order valence-electron chi connectivity index (χ3n) is 11.9. The fourth-order valence-electron chi connectivity index (χ4n) is 9.48. The first-order valence-electron chi connectivity index (χ1n) is 19.4. The summed E-state index contributed by atoms with van der Waals surface area (Å²) in [5.74, 6) is 2.40. The van der Waals surface area contributed by atoms with E-state index in [4.69, 9.17) is 14.7 Å². The van der Waals surface area contributed by atoms with E-state index < -0.39 is 5.41 Å². The Morgan fingerprint density at radius 2 is 0.930 bits per heavy atom. The Kier molecular flexibility index (Phi) is 6.81. The highest BCUT2D eigenvalue weighted by Gasteiger charge is 2.51. The van der Waals surface area contributed by atoms with E-state index in [0.29, 0.717) is 5.82 Å². The van der Waals surface area contributed by atoms with E-state index in [1.165, 1.54) is 44.1 Å². The number of benzene rings is 8. The van der Waals surface area contributed by atoms with Crippen molar-refractivity contribution in [2.45, 2.75) is 5.41 Å². The Hall–Kier alpha value is -7.56. The zero-order valence-corrected chi connectivity index (χ0v) is 30.8. The van der Waals surface area contributed by atoms with Crippen molar-refractivity contribution in [2.75, 3.05) is 0 Å². The molecule has 0 saturated heterocycles. The van der Waals surface area contributed by atoms with Crippen molar-refractivity contribution < 1.29 is 4.74 Å². The van der Waals surface area contributed by atoms with Gasteiger partial charge in [0, 0.05) is 44.3 Å². The lowest BCUT2D eigenvalue weighted by Crippen LogP contribution is -2.32. The van der Waals surface area contributed by atoms with E-state index in [2.05, 4.69) is 187 Å². The van der Waals surface area contributed by atoms with E-state index in [9.17, 15) is 0 Å². The number of aromatic nitrogens is 3. The van der Waals surface area contributed by atoms with Crippen LogP contribution in [-0.2, 0) is 5.41 Å². The first-order valence-corrected chi connectivity index (χ1v) is 19.4. The first kappa shape index (κ1) is 31.8. The Labute approximate surface area is 330 Å². The molecule has 0 atom stereocenters.